The molecule has 3 amide bonds. The molecule has 0 heterocycles. The SMILES string of the molecule is COC(=O)[C@H](CCCC(=O)Oc1c(C)c(CCCCCCCCCCOC(=O)OC(C)(C)C)c(OC(=O)NCC[C@H](NC(=O)OC(C)(C)C)C(=O)OC)c(OC)c1OC)NC(=O)OC(C)(C)C.COC1=C(OC)C(=O)C(CCCCCCCCCCOC(=O)OC(C)(C)C)=C(C)C1=O. The van der Waals surface area contributed by atoms with Gasteiger partial charge in [0.05, 0.1) is 55.9 Å². The molecule has 0 saturated carbocycles. The Kier molecular flexibility index (Phi) is 40.3. The molecule has 1 aromatic rings. The number of alkyl carbamates (subject to hydrolysis) is 2. The van der Waals surface area contributed by atoms with Gasteiger partial charge in [0.1, 0.15) is 34.5 Å². The first-order chi connectivity index (χ1) is 45.9. The van der Waals surface area contributed by atoms with Gasteiger partial charge in [0.25, 0.3) is 0 Å². The molecule has 1 aromatic carbocycles. The van der Waals surface area contributed by atoms with E-state index in [9.17, 15) is 47.9 Å². The Hall–Kier alpha value is -8.00. The van der Waals surface area contributed by atoms with Crippen molar-refractivity contribution in [1.29, 1.82) is 0 Å². The van der Waals surface area contributed by atoms with Gasteiger partial charge in [0, 0.05) is 35.2 Å². The normalized spacial score (nSPS) is 13.1. The Morgan fingerprint density at radius 1 is 0.408 bits per heavy atom. The number of hydrogen-bond donors (Lipinski definition) is 3. The van der Waals surface area contributed by atoms with Crippen molar-refractivity contribution in [3.8, 4) is 23.0 Å². The fourth-order valence-electron chi connectivity index (χ4n) is 9.76. The Bertz CT molecular complexity index is 2820. The van der Waals surface area contributed by atoms with Crippen LogP contribution in [-0.2, 0) is 77.8 Å². The molecule has 27 nitrogen and oxygen atoms in total. The molecule has 98 heavy (non-hydrogen) atoms. The predicted molar refractivity (Wildman–Crippen MR) is 363 cm³/mol. The molecule has 0 aromatic heterocycles. The summed E-state index contributed by atoms with van der Waals surface area (Å²) in [6.45, 7) is 24.7. The smallest absolute Gasteiger partial charge is 0.490 e. The number of hydrogen-bond acceptors (Lipinski definition) is 24. The van der Waals surface area contributed by atoms with Crippen LogP contribution < -0.4 is 34.9 Å². The number of esters is 3. The molecule has 558 valence electrons. The quantitative estimate of drug-likeness (QED) is 0.0181. The van der Waals surface area contributed by atoms with Gasteiger partial charge in [0.2, 0.25) is 34.6 Å². The van der Waals surface area contributed by atoms with Crippen LogP contribution in [-0.4, -0.2) is 157 Å². The second-order valence-corrected chi connectivity index (χ2v) is 27.4. The van der Waals surface area contributed by atoms with Crippen molar-refractivity contribution >= 4 is 60.1 Å². The summed E-state index contributed by atoms with van der Waals surface area (Å²) < 4.78 is 74.0. The first kappa shape index (κ1) is 88.0. The molecule has 2 atom stereocenters. The Balaban J connectivity index is 0.00000129. The monoisotopic (exact) mass is 1390 g/mol. The second kappa shape index (κ2) is 44.8. The lowest BCUT2D eigenvalue weighted by Crippen LogP contribution is -2.45. The van der Waals surface area contributed by atoms with Crippen LogP contribution in [0, 0.1) is 6.92 Å². The number of Topliss-reactive ketones (excluding diaryl/α,β-unsaturated/α-hetero) is 2. The fraction of sp³-hybridized carbons (Fsp3) is 0.718. The standard InChI is InChI=1S/C47H77N3O17.C24H38O7/c1-30-31(24-21-19-17-15-16-18-20-22-29-62-44(57)67-47(8,9)10)36(64-41(54)48-28-27-33(40(53)61-14)50-43(56)66-46(5,6)7)38(59-12)37(58-11)35(30)63-34(51)26-23-25-32(39(52)60-13)49-42(55)65-45(2,3)4;1-17-18(20(26)22(29-6)21(28-5)19(17)25)15-13-11-9-7-8-10-12-14-16-30-23(27)31-24(2,3)4/h32-33H,15-29H2,1-14H3,(H,48,54)(H,49,55)(H,50,56);7-16H2,1-6H3/t32-,33-;/m0./s1. The summed E-state index contributed by atoms with van der Waals surface area (Å²) in [5, 5.41) is 7.53. The molecule has 3 N–H and O–H groups in total. The molecule has 1 aliphatic rings. The van der Waals surface area contributed by atoms with Crippen molar-refractivity contribution in [3.05, 3.63) is 33.8 Å². The zero-order valence-electron chi connectivity index (χ0n) is 62.1. The number of ketones is 2. The van der Waals surface area contributed by atoms with E-state index in [4.69, 9.17) is 66.3 Å². The van der Waals surface area contributed by atoms with Crippen LogP contribution in [0.4, 0.5) is 24.0 Å². The predicted octanol–water partition coefficient (Wildman–Crippen LogP) is 13.7. The molecule has 1 aliphatic carbocycles. The van der Waals surface area contributed by atoms with Crippen molar-refractivity contribution in [2.45, 2.75) is 273 Å². The van der Waals surface area contributed by atoms with E-state index in [1.54, 1.807) is 76.2 Å². The average molecular weight is 1390 g/mol. The average Bonchev–Trinajstić information content (AvgIpc) is 0.782. The van der Waals surface area contributed by atoms with Crippen molar-refractivity contribution in [2.24, 2.45) is 0 Å². The molecule has 0 aliphatic heterocycles. The third-order valence-electron chi connectivity index (χ3n) is 14.4. The van der Waals surface area contributed by atoms with E-state index in [0.717, 1.165) is 96.3 Å². The maximum Gasteiger partial charge on any atom is 0.508 e. The number of amides is 3. The summed E-state index contributed by atoms with van der Waals surface area (Å²) in [5.41, 5.74) is -0.832. The molecule has 27 heteroatoms. The van der Waals surface area contributed by atoms with Crippen LogP contribution in [0.15, 0.2) is 22.7 Å². The number of methoxy groups -OCH3 is 6. The van der Waals surface area contributed by atoms with Crippen LogP contribution in [0.25, 0.3) is 0 Å². The molecular formula is C71H115N3O24. The topological polar surface area (TPSA) is 336 Å². The fourth-order valence-corrected chi connectivity index (χ4v) is 9.76. The highest BCUT2D eigenvalue weighted by Crippen LogP contribution is 2.50. The van der Waals surface area contributed by atoms with Gasteiger partial charge in [-0.2, -0.15) is 0 Å². The largest absolute Gasteiger partial charge is 0.508 e. The first-order valence-electron chi connectivity index (χ1n) is 33.8. The Morgan fingerprint density at radius 2 is 0.796 bits per heavy atom. The minimum Gasteiger partial charge on any atom is -0.490 e. The summed E-state index contributed by atoms with van der Waals surface area (Å²) in [7, 11) is 7.76. The minimum atomic E-state index is -1.15. The lowest BCUT2D eigenvalue weighted by atomic mass is 9.89. The molecule has 0 saturated heterocycles. The van der Waals surface area contributed by atoms with E-state index in [1.807, 2.05) is 20.8 Å². The zero-order valence-corrected chi connectivity index (χ0v) is 62.1. The number of unbranched alkanes of at least 4 members (excludes halogenated alkanes) is 14. The van der Waals surface area contributed by atoms with E-state index in [1.165, 1.54) is 42.7 Å². The van der Waals surface area contributed by atoms with Gasteiger partial charge in [-0.25, -0.2) is 33.6 Å². The Labute approximate surface area is 580 Å². The highest BCUT2D eigenvalue weighted by Gasteiger charge is 2.35. The number of nitrogens with one attached hydrogen (secondary N) is 3. The number of allylic oxidation sites excluding steroid dienone is 2. The van der Waals surface area contributed by atoms with Crippen LogP contribution >= 0.6 is 0 Å². The van der Waals surface area contributed by atoms with E-state index < -0.39 is 83.0 Å². The number of ether oxygens (including phenoxy) is 14. The van der Waals surface area contributed by atoms with Crippen molar-refractivity contribution < 1.29 is 114 Å². The molecule has 0 fully saturated rings. The van der Waals surface area contributed by atoms with Gasteiger partial charge in [-0.1, -0.05) is 77.0 Å². The number of benzene rings is 1. The molecule has 0 radical (unpaired) electrons. The van der Waals surface area contributed by atoms with Gasteiger partial charge >= 0.3 is 48.5 Å². The summed E-state index contributed by atoms with van der Waals surface area (Å²) in [4.78, 5) is 125. The van der Waals surface area contributed by atoms with Crippen LogP contribution in [0.1, 0.15) is 236 Å². The summed E-state index contributed by atoms with van der Waals surface area (Å²) in [6.07, 6.45) is 12.1. The molecule has 2 rings (SSSR count). The number of carbonyl (C=O) groups is 10. The minimum absolute atomic E-state index is 0.00347. The third kappa shape index (κ3) is 36.0. The lowest BCUT2D eigenvalue weighted by Gasteiger charge is -2.23. The lowest BCUT2D eigenvalue weighted by molar-refractivity contribution is -0.144. The summed E-state index contributed by atoms with van der Waals surface area (Å²) in [5.74, 6) is -2.66. The second-order valence-electron chi connectivity index (χ2n) is 27.4. The molecule has 0 bridgehead atoms. The van der Waals surface area contributed by atoms with Gasteiger partial charge in [-0.3, -0.25) is 14.4 Å². The van der Waals surface area contributed by atoms with Gasteiger partial charge < -0.3 is 82.3 Å². The maximum atomic E-state index is 13.4. The van der Waals surface area contributed by atoms with Crippen molar-refractivity contribution in [3.63, 3.8) is 0 Å². The van der Waals surface area contributed by atoms with E-state index in [-0.39, 0.29) is 78.3 Å². The third-order valence-corrected chi connectivity index (χ3v) is 14.4. The van der Waals surface area contributed by atoms with Gasteiger partial charge in [-0.05, 0) is 155 Å². The van der Waals surface area contributed by atoms with Crippen LogP contribution in [0.5, 0.6) is 23.0 Å². The highest BCUT2D eigenvalue weighted by atomic mass is 16.7. The zero-order chi connectivity index (χ0) is 74.4. The molecular weight excluding hydrogens is 1280 g/mol. The Morgan fingerprint density at radius 3 is 1.20 bits per heavy atom. The van der Waals surface area contributed by atoms with Crippen molar-refractivity contribution in [1.82, 2.24) is 16.0 Å². The maximum absolute atomic E-state index is 13.4. The van der Waals surface area contributed by atoms with E-state index in [2.05, 4.69) is 16.0 Å². The van der Waals surface area contributed by atoms with Gasteiger partial charge in [-0.15, -0.1) is 0 Å². The first-order valence-corrected chi connectivity index (χ1v) is 33.8. The number of rotatable bonds is 39. The highest BCUT2D eigenvalue weighted by molar-refractivity contribution is 6.23. The molecule has 0 unspecified atom stereocenters. The molecule has 0 spiro atoms. The summed E-state index contributed by atoms with van der Waals surface area (Å²) >= 11 is 0. The summed E-state index contributed by atoms with van der Waals surface area (Å²) in [6, 6.07) is -2.23. The number of carbonyl (C=O) groups excluding carboxylic acids is 10. The van der Waals surface area contributed by atoms with E-state index >= 15 is 0 Å². The van der Waals surface area contributed by atoms with Gasteiger partial charge in [0.15, 0.2) is 11.5 Å². The van der Waals surface area contributed by atoms with Crippen LogP contribution in [0.3, 0.4) is 0 Å². The van der Waals surface area contributed by atoms with E-state index in [0.29, 0.717) is 54.7 Å². The van der Waals surface area contributed by atoms with Crippen molar-refractivity contribution in [2.75, 3.05) is 62.4 Å². The van der Waals surface area contributed by atoms with Crippen LogP contribution in [0.2, 0.25) is 0 Å².